The highest BCUT2D eigenvalue weighted by Gasteiger charge is 2.29. The van der Waals surface area contributed by atoms with Crippen LogP contribution < -0.4 is 15.2 Å². The van der Waals surface area contributed by atoms with E-state index in [-0.39, 0.29) is 24.1 Å². The van der Waals surface area contributed by atoms with E-state index in [1.807, 2.05) is 35.1 Å². The number of fused-ring (bicyclic) bond motifs is 1. The average Bonchev–Trinajstić information content (AvgIpc) is 3.28. The summed E-state index contributed by atoms with van der Waals surface area (Å²) in [6, 6.07) is 16.0. The Hall–Kier alpha value is -4.56. The molecule has 5 rings (SSSR count). The van der Waals surface area contributed by atoms with Gasteiger partial charge in [0.25, 0.3) is 0 Å². The summed E-state index contributed by atoms with van der Waals surface area (Å²) in [7, 11) is -4.97. The number of anilines is 1. The lowest BCUT2D eigenvalue weighted by Gasteiger charge is -2.10. The molecule has 14 heteroatoms. The van der Waals surface area contributed by atoms with Crippen LogP contribution in [0.4, 0.5) is 23.4 Å². The SMILES string of the molecule is Nc1ncnc2c1c(-c1ccc(Oc3ccccc3)cc1)nn2CCNS(=O)(=O)c1c(F)c(F)cc(F)c1F. The number of sulfonamides is 1. The minimum absolute atomic E-state index is 0.0778. The molecule has 9 nitrogen and oxygen atoms in total. The highest BCUT2D eigenvalue weighted by molar-refractivity contribution is 7.89. The Kier molecular flexibility index (Phi) is 6.89. The van der Waals surface area contributed by atoms with Gasteiger partial charge in [0.1, 0.15) is 29.3 Å². The Bertz CT molecular complexity index is 1760. The molecule has 0 aliphatic carbocycles. The highest BCUT2D eigenvalue weighted by Crippen LogP contribution is 2.32. The van der Waals surface area contributed by atoms with Gasteiger partial charge in [-0.1, -0.05) is 18.2 Å². The second kappa shape index (κ2) is 10.3. The van der Waals surface area contributed by atoms with Crippen molar-refractivity contribution in [3.63, 3.8) is 0 Å². The first-order chi connectivity index (χ1) is 18.7. The predicted octanol–water partition coefficient (Wildman–Crippen LogP) is 4.40. The quantitative estimate of drug-likeness (QED) is 0.214. The lowest BCUT2D eigenvalue weighted by Crippen LogP contribution is -2.30. The van der Waals surface area contributed by atoms with Crippen molar-refractivity contribution >= 4 is 26.9 Å². The molecule has 39 heavy (non-hydrogen) atoms. The van der Waals surface area contributed by atoms with Gasteiger partial charge in [-0.2, -0.15) is 5.10 Å². The van der Waals surface area contributed by atoms with Crippen LogP contribution in [0.1, 0.15) is 0 Å². The number of nitrogens with one attached hydrogen (secondary N) is 1. The number of aromatic nitrogens is 4. The molecular formula is C25H18F4N6O3S. The third-order valence-electron chi connectivity index (χ3n) is 5.62. The highest BCUT2D eigenvalue weighted by atomic mass is 32.2. The number of halogens is 4. The van der Waals surface area contributed by atoms with Crippen molar-refractivity contribution in [1.82, 2.24) is 24.5 Å². The second-order valence-electron chi connectivity index (χ2n) is 8.16. The van der Waals surface area contributed by atoms with Crippen LogP contribution in [-0.4, -0.2) is 34.7 Å². The number of nitrogens with two attached hydrogens (primary N) is 1. The molecule has 0 aliphatic heterocycles. The van der Waals surface area contributed by atoms with E-state index in [0.29, 0.717) is 28.1 Å². The number of nitrogen functional groups attached to an aromatic ring is 1. The number of hydrogen-bond donors (Lipinski definition) is 2. The van der Waals surface area contributed by atoms with Crippen molar-refractivity contribution < 1.29 is 30.7 Å². The number of nitrogens with zero attached hydrogens (tertiary/aromatic N) is 4. The standard InChI is InChI=1S/C25H18F4N6O3S/c26-17-12-18(27)21(29)23(20(17)28)39(36,37)33-10-11-35-25-19(24(30)31-13-32-25)22(34-35)14-6-8-16(9-7-14)38-15-4-2-1-3-5-15/h1-9,12-13,33H,10-11H2,(H2,30,31,32). The largest absolute Gasteiger partial charge is 0.457 e. The van der Waals surface area contributed by atoms with Crippen LogP contribution in [0.3, 0.4) is 0 Å². The van der Waals surface area contributed by atoms with Gasteiger partial charge < -0.3 is 10.5 Å². The lowest BCUT2D eigenvalue weighted by molar-refractivity contribution is 0.417. The second-order valence-corrected chi connectivity index (χ2v) is 9.87. The molecule has 0 spiro atoms. The van der Waals surface area contributed by atoms with Gasteiger partial charge in [0, 0.05) is 18.2 Å². The molecule has 200 valence electrons. The van der Waals surface area contributed by atoms with E-state index < -0.39 is 44.7 Å². The Morgan fingerprint density at radius 3 is 2.21 bits per heavy atom. The van der Waals surface area contributed by atoms with Crippen LogP contribution in [-0.2, 0) is 16.6 Å². The average molecular weight is 559 g/mol. The van der Waals surface area contributed by atoms with Crippen LogP contribution in [0.15, 0.2) is 71.9 Å². The monoisotopic (exact) mass is 558 g/mol. The molecule has 0 atom stereocenters. The zero-order valence-electron chi connectivity index (χ0n) is 19.8. The summed E-state index contributed by atoms with van der Waals surface area (Å²) in [5.74, 6) is -6.41. The molecule has 0 fully saturated rings. The number of rotatable bonds is 8. The van der Waals surface area contributed by atoms with Gasteiger partial charge in [-0.05, 0) is 36.4 Å². The van der Waals surface area contributed by atoms with Crippen LogP contribution >= 0.6 is 0 Å². The van der Waals surface area contributed by atoms with E-state index in [1.54, 1.807) is 24.3 Å². The number of ether oxygens (including phenoxy) is 1. The fourth-order valence-electron chi connectivity index (χ4n) is 3.84. The van der Waals surface area contributed by atoms with Crippen LogP contribution in [0.25, 0.3) is 22.3 Å². The van der Waals surface area contributed by atoms with Gasteiger partial charge in [-0.15, -0.1) is 0 Å². The molecule has 0 amide bonds. The molecule has 0 saturated carbocycles. The van der Waals surface area contributed by atoms with Gasteiger partial charge in [0.05, 0.1) is 11.9 Å². The summed E-state index contributed by atoms with van der Waals surface area (Å²) in [5, 5.41) is 4.87. The summed E-state index contributed by atoms with van der Waals surface area (Å²) in [4.78, 5) is 6.42. The van der Waals surface area contributed by atoms with Crippen LogP contribution in [0.2, 0.25) is 0 Å². The third-order valence-corrected chi connectivity index (χ3v) is 7.10. The summed E-state index contributed by atoms with van der Waals surface area (Å²) in [6.07, 6.45) is 1.20. The Morgan fingerprint density at radius 2 is 1.54 bits per heavy atom. The molecule has 0 bridgehead atoms. The fourth-order valence-corrected chi connectivity index (χ4v) is 5.01. The molecule has 2 heterocycles. The topological polar surface area (TPSA) is 125 Å². The van der Waals surface area contributed by atoms with Crippen molar-refractivity contribution in [1.29, 1.82) is 0 Å². The lowest BCUT2D eigenvalue weighted by atomic mass is 10.1. The summed E-state index contributed by atoms with van der Waals surface area (Å²) in [5.41, 5.74) is 7.36. The number of para-hydroxylation sites is 1. The maximum absolute atomic E-state index is 14.0. The first kappa shape index (κ1) is 26.1. The third kappa shape index (κ3) is 5.11. The molecule has 0 saturated heterocycles. The molecule has 0 aliphatic rings. The minimum atomic E-state index is -4.97. The zero-order chi connectivity index (χ0) is 27.7. The summed E-state index contributed by atoms with van der Waals surface area (Å²) < 4.78 is 89.1. The van der Waals surface area contributed by atoms with Crippen molar-refractivity contribution in [2.75, 3.05) is 12.3 Å². The predicted molar refractivity (Wildman–Crippen MR) is 133 cm³/mol. The van der Waals surface area contributed by atoms with E-state index in [0.717, 1.165) is 0 Å². The van der Waals surface area contributed by atoms with E-state index in [9.17, 15) is 26.0 Å². The van der Waals surface area contributed by atoms with Gasteiger partial charge in [-0.3, -0.25) is 0 Å². The maximum atomic E-state index is 14.0. The van der Waals surface area contributed by atoms with Crippen molar-refractivity contribution in [3.8, 4) is 22.8 Å². The van der Waals surface area contributed by atoms with E-state index >= 15 is 0 Å². The van der Waals surface area contributed by atoms with Crippen molar-refractivity contribution in [3.05, 3.63) is 90.3 Å². The van der Waals surface area contributed by atoms with E-state index in [2.05, 4.69) is 15.1 Å². The van der Waals surface area contributed by atoms with Gasteiger partial charge in [0.15, 0.2) is 33.8 Å². The molecule has 0 radical (unpaired) electrons. The summed E-state index contributed by atoms with van der Waals surface area (Å²) >= 11 is 0. The maximum Gasteiger partial charge on any atom is 0.246 e. The fraction of sp³-hybridized carbons (Fsp3) is 0.0800. The van der Waals surface area contributed by atoms with Crippen LogP contribution in [0.5, 0.6) is 11.5 Å². The van der Waals surface area contributed by atoms with Crippen molar-refractivity contribution in [2.45, 2.75) is 11.4 Å². The number of hydrogen-bond acceptors (Lipinski definition) is 7. The normalized spacial score (nSPS) is 11.7. The van der Waals surface area contributed by atoms with Gasteiger partial charge in [-0.25, -0.2) is 45.4 Å². The Balaban J connectivity index is 1.40. The molecule has 3 aromatic carbocycles. The first-order valence-electron chi connectivity index (χ1n) is 11.3. The molecule has 5 aromatic rings. The smallest absolute Gasteiger partial charge is 0.246 e. The molecular weight excluding hydrogens is 540 g/mol. The minimum Gasteiger partial charge on any atom is -0.457 e. The van der Waals surface area contributed by atoms with Crippen LogP contribution in [0, 0.1) is 23.3 Å². The molecule has 0 unspecified atom stereocenters. The zero-order valence-corrected chi connectivity index (χ0v) is 20.6. The first-order valence-corrected chi connectivity index (χ1v) is 12.8. The summed E-state index contributed by atoms with van der Waals surface area (Å²) in [6.45, 7) is -0.633. The Labute approximate surface area is 218 Å². The van der Waals surface area contributed by atoms with E-state index in [1.165, 1.54) is 11.0 Å². The Morgan fingerprint density at radius 1 is 0.897 bits per heavy atom. The molecule has 3 N–H and O–H groups in total. The van der Waals surface area contributed by atoms with E-state index in [4.69, 9.17) is 10.5 Å². The van der Waals surface area contributed by atoms with Gasteiger partial charge in [0.2, 0.25) is 10.0 Å². The van der Waals surface area contributed by atoms with Crippen molar-refractivity contribution in [2.24, 2.45) is 0 Å². The molecule has 2 aromatic heterocycles. The number of benzene rings is 3. The van der Waals surface area contributed by atoms with Gasteiger partial charge >= 0.3 is 0 Å².